The van der Waals surface area contributed by atoms with Gasteiger partial charge < -0.3 is 4.90 Å². The van der Waals surface area contributed by atoms with E-state index in [9.17, 15) is 8.42 Å². The van der Waals surface area contributed by atoms with Gasteiger partial charge in [0.05, 0.1) is 0 Å². The van der Waals surface area contributed by atoms with Crippen LogP contribution in [0, 0.1) is 0 Å². The molecular weight excluding hydrogens is 268 g/mol. The van der Waals surface area contributed by atoms with E-state index in [0.717, 1.165) is 32.5 Å². The standard InChI is InChI=1S/C12H22N2O2S2/c1-3-14(4-2)10-6-5-9-13-18(15,16)12-8-7-11-17-12/h7-8,11,13H,3-6,9-10H2,1-2H3. The van der Waals surface area contributed by atoms with Crippen molar-refractivity contribution < 1.29 is 8.42 Å². The Kier molecular flexibility index (Phi) is 6.85. The van der Waals surface area contributed by atoms with Crippen LogP contribution in [-0.2, 0) is 10.0 Å². The molecule has 0 aliphatic heterocycles. The van der Waals surface area contributed by atoms with Gasteiger partial charge in [0.25, 0.3) is 0 Å². The van der Waals surface area contributed by atoms with E-state index in [1.165, 1.54) is 11.3 Å². The summed E-state index contributed by atoms with van der Waals surface area (Å²) in [7, 11) is -3.27. The quantitative estimate of drug-likeness (QED) is 0.709. The molecule has 1 aromatic rings. The Morgan fingerprint density at radius 3 is 2.56 bits per heavy atom. The molecule has 104 valence electrons. The molecule has 0 radical (unpaired) electrons. The average Bonchev–Trinajstić information content (AvgIpc) is 2.88. The molecule has 0 fully saturated rings. The highest BCUT2D eigenvalue weighted by molar-refractivity contribution is 7.91. The van der Waals surface area contributed by atoms with E-state index in [1.807, 2.05) is 0 Å². The van der Waals surface area contributed by atoms with Crippen LogP contribution in [0.4, 0.5) is 0 Å². The van der Waals surface area contributed by atoms with Crippen molar-refractivity contribution in [3.05, 3.63) is 17.5 Å². The molecule has 1 rings (SSSR count). The molecule has 0 atom stereocenters. The number of rotatable bonds is 9. The summed E-state index contributed by atoms with van der Waals surface area (Å²) in [5.74, 6) is 0. The molecule has 0 aliphatic carbocycles. The molecule has 6 heteroatoms. The molecule has 0 aromatic carbocycles. The Morgan fingerprint density at radius 1 is 1.28 bits per heavy atom. The van der Waals surface area contributed by atoms with Crippen molar-refractivity contribution in [2.75, 3.05) is 26.2 Å². The molecule has 0 spiro atoms. The van der Waals surface area contributed by atoms with Crippen LogP contribution in [0.5, 0.6) is 0 Å². The molecule has 0 saturated heterocycles. The summed E-state index contributed by atoms with van der Waals surface area (Å²) in [5, 5.41) is 1.77. The second-order valence-corrected chi connectivity index (χ2v) is 7.01. The largest absolute Gasteiger partial charge is 0.304 e. The highest BCUT2D eigenvalue weighted by Gasteiger charge is 2.13. The lowest BCUT2D eigenvalue weighted by Crippen LogP contribution is -2.27. The lowest BCUT2D eigenvalue weighted by Gasteiger charge is -2.17. The van der Waals surface area contributed by atoms with Crippen LogP contribution >= 0.6 is 11.3 Å². The maximum atomic E-state index is 11.8. The minimum absolute atomic E-state index is 0.395. The van der Waals surface area contributed by atoms with Gasteiger partial charge in [-0.15, -0.1) is 11.3 Å². The monoisotopic (exact) mass is 290 g/mol. The maximum Gasteiger partial charge on any atom is 0.250 e. The van der Waals surface area contributed by atoms with Crippen LogP contribution in [-0.4, -0.2) is 39.5 Å². The summed E-state index contributed by atoms with van der Waals surface area (Å²) in [6.45, 7) is 7.94. The van der Waals surface area contributed by atoms with E-state index in [0.29, 0.717) is 10.8 Å². The normalized spacial score (nSPS) is 12.2. The highest BCUT2D eigenvalue weighted by atomic mass is 32.2. The third-order valence-electron chi connectivity index (χ3n) is 2.85. The van der Waals surface area contributed by atoms with Gasteiger partial charge in [-0.25, -0.2) is 13.1 Å². The minimum atomic E-state index is -3.27. The van der Waals surface area contributed by atoms with Gasteiger partial charge in [-0.1, -0.05) is 19.9 Å². The number of nitrogens with one attached hydrogen (secondary N) is 1. The van der Waals surface area contributed by atoms with Gasteiger partial charge in [0.1, 0.15) is 4.21 Å². The summed E-state index contributed by atoms with van der Waals surface area (Å²) >= 11 is 1.25. The SMILES string of the molecule is CCN(CC)CCCCNS(=O)(=O)c1cccs1. The molecular formula is C12H22N2O2S2. The van der Waals surface area contributed by atoms with Gasteiger partial charge in [-0.05, 0) is 43.9 Å². The van der Waals surface area contributed by atoms with Crippen molar-refractivity contribution >= 4 is 21.4 Å². The predicted octanol–water partition coefficient (Wildman–Crippen LogP) is 2.15. The van der Waals surface area contributed by atoms with Crippen LogP contribution in [0.25, 0.3) is 0 Å². The molecule has 0 aliphatic rings. The van der Waals surface area contributed by atoms with E-state index in [2.05, 4.69) is 23.5 Å². The fourth-order valence-corrected chi connectivity index (χ4v) is 3.81. The van der Waals surface area contributed by atoms with Gasteiger partial charge >= 0.3 is 0 Å². The Hall–Kier alpha value is -0.430. The molecule has 1 heterocycles. The Labute approximate surface area is 114 Å². The van der Waals surface area contributed by atoms with Crippen molar-refractivity contribution in [2.45, 2.75) is 30.9 Å². The molecule has 1 aromatic heterocycles. The van der Waals surface area contributed by atoms with E-state index in [1.54, 1.807) is 17.5 Å². The van der Waals surface area contributed by atoms with E-state index in [-0.39, 0.29) is 0 Å². The van der Waals surface area contributed by atoms with Crippen molar-refractivity contribution in [1.29, 1.82) is 0 Å². The number of thiophene rings is 1. The van der Waals surface area contributed by atoms with Crippen LogP contribution < -0.4 is 4.72 Å². The van der Waals surface area contributed by atoms with Crippen LogP contribution in [0.15, 0.2) is 21.7 Å². The van der Waals surface area contributed by atoms with Gasteiger partial charge in [0.2, 0.25) is 10.0 Å². The number of hydrogen-bond donors (Lipinski definition) is 1. The summed E-state index contributed by atoms with van der Waals surface area (Å²) in [4.78, 5) is 2.34. The Bertz CT molecular complexity index is 411. The van der Waals surface area contributed by atoms with Crippen molar-refractivity contribution in [3.63, 3.8) is 0 Å². The topological polar surface area (TPSA) is 49.4 Å². The summed E-state index contributed by atoms with van der Waals surface area (Å²) in [5.41, 5.74) is 0. The van der Waals surface area contributed by atoms with Crippen molar-refractivity contribution in [2.24, 2.45) is 0 Å². The zero-order valence-corrected chi connectivity index (χ0v) is 12.7. The number of hydrogen-bond acceptors (Lipinski definition) is 4. The van der Waals surface area contributed by atoms with Gasteiger partial charge in [0, 0.05) is 6.54 Å². The first-order valence-electron chi connectivity index (χ1n) is 6.35. The lowest BCUT2D eigenvalue weighted by molar-refractivity contribution is 0.297. The van der Waals surface area contributed by atoms with Crippen molar-refractivity contribution in [3.8, 4) is 0 Å². The Morgan fingerprint density at radius 2 is 2.00 bits per heavy atom. The van der Waals surface area contributed by atoms with Gasteiger partial charge in [-0.3, -0.25) is 0 Å². The van der Waals surface area contributed by atoms with E-state index >= 15 is 0 Å². The van der Waals surface area contributed by atoms with Gasteiger partial charge in [-0.2, -0.15) is 0 Å². The molecule has 0 saturated carbocycles. The molecule has 1 N–H and O–H groups in total. The zero-order chi connectivity index (χ0) is 13.4. The summed E-state index contributed by atoms with van der Waals surface area (Å²) in [6.07, 6.45) is 1.90. The van der Waals surface area contributed by atoms with Crippen LogP contribution in [0.3, 0.4) is 0 Å². The van der Waals surface area contributed by atoms with Crippen LogP contribution in [0.2, 0.25) is 0 Å². The fraction of sp³-hybridized carbons (Fsp3) is 0.667. The molecule has 18 heavy (non-hydrogen) atoms. The minimum Gasteiger partial charge on any atom is -0.304 e. The molecule has 0 bridgehead atoms. The van der Waals surface area contributed by atoms with Gasteiger partial charge in [0.15, 0.2) is 0 Å². The van der Waals surface area contributed by atoms with E-state index in [4.69, 9.17) is 0 Å². The first kappa shape index (κ1) is 15.6. The smallest absolute Gasteiger partial charge is 0.250 e. The Balaban J connectivity index is 2.22. The van der Waals surface area contributed by atoms with Crippen molar-refractivity contribution in [1.82, 2.24) is 9.62 Å². The first-order valence-corrected chi connectivity index (χ1v) is 8.72. The number of unbranched alkanes of at least 4 members (excludes halogenated alkanes) is 1. The fourth-order valence-electron chi connectivity index (χ4n) is 1.69. The summed E-state index contributed by atoms with van der Waals surface area (Å²) < 4.78 is 26.6. The zero-order valence-electron chi connectivity index (χ0n) is 11.1. The summed E-state index contributed by atoms with van der Waals surface area (Å²) in [6, 6.07) is 3.38. The average molecular weight is 290 g/mol. The third kappa shape index (κ3) is 5.06. The molecule has 0 unspecified atom stereocenters. The second kappa shape index (κ2) is 7.89. The second-order valence-electron chi connectivity index (χ2n) is 4.06. The molecule has 4 nitrogen and oxygen atoms in total. The number of nitrogens with zero attached hydrogens (tertiary/aromatic N) is 1. The third-order valence-corrected chi connectivity index (χ3v) is 5.71. The highest BCUT2D eigenvalue weighted by Crippen LogP contribution is 2.15. The van der Waals surface area contributed by atoms with Crippen LogP contribution in [0.1, 0.15) is 26.7 Å². The first-order chi connectivity index (χ1) is 8.60. The molecule has 0 amide bonds. The lowest BCUT2D eigenvalue weighted by atomic mass is 10.3. The number of sulfonamides is 1. The predicted molar refractivity (Wildman–Crippen MR) is 76.5 cm³/mol. The van der Waals surface area contributed by atoms with E-state index < -0.39 is 10.0 Å². The maximum absolute atomic E-state index is 11.8.